The lowest BCUT2D eigenvalue weighted by Crippen LogP contribution is -2.47. The molecule has 2 aromatic heterocycles. The van der Waals surface area contributed by atoms with Crippen molar-refractivity contribution in [3.63, 3.8) is 0 Å². The van der Waals surface area contributed by atoms with Crippen LogP contribution in [-0.2, 0) is 24.2 Å². The van der Waals surface area contributed by atoms with Crippen molar-refractivity contribution in [1.29, 1.82) is 0 Å². The van der Waals surface area contributed by atoms with Crippen molar-refractivity contribution in [3.05, 3.63) is 63.7 Å². The summed E-state index contributed by atoms with van der Waals surface area (Å²) >= 11 is 0. The van der Waals surface area contributed by atoms with Crippen LogP contribution in [0.2, 0.25) is 0 Å². The van der Waals surface area contributed by atoms with Gasteiger partial charge in [-0.2, -0.15) is 0 Å². The molecule has 0 spiro atoms. The number of pyridine rings is 1. The smallest absolute Gasteiger partial charge is 0.255 e. The van der Waals surface area contributed by atoms with Crippen LogP contribution in [0.1, 0.15) is 30.7 Å². The van der Waals surface area contributed by atoms with Gasteiger partial charge in [-0.05, 0) is 38.0 Å². The number of para-hydroxylation sites is 1. The van der Waals surface area contributed by atoms with Gasteiger partial charge in [0.2, 0.25) is 5.95 Å². The summed E-state index contributed by atoms with van der Waals surface area (Å²) in [7, 11) is 0. The van der Waals surface area contributed by atoms with Crippen LogP contribution in [0, 0.1) is 0 Å². The third-order valence-corrected chi connectivity index (χ3v) is 5.91. The van der Waals surface area contributed by atoms with Crippen LogP contribution >= 0.6 is 0 Å². The van der Waals surface area contributed by atoms with Crippen LogP contribution in [0.25, 0.3) is 10.9 Å². The largest absolute Gasteiger partial charge is 0.372 e. The number of benzene rings is 1. The number of H-pyrrole nitrogens is 1. The van der Waals surface area contributed by atoms with Crippen LogP contribution in [0.15, 0.2) is 41.3 Å². The molecule has 3 aromatic rings. The maximum Gasteiger partial charge on any atom is 0.255 e. The van der Waals surface area contributed by atoms with E-state index in [1.165, 1.54) is 5.56 Å². The van der Waals surface area contributed by atoms with Crippen molar-refractivity contribution in [3.8, 4) is 0 Å². The summed E-state index contributed by atoms with van der Waals surface area (Å²) in [6.07, 6.45) is 2.90. The molecule has 0 bridgehead atoms. The Labute approximate surface area is 175 Å². The molecule has 1 saturated heterocycles. The molecule has 1 N–H and O–H groups in total. The standard InChI is InChI=1S/C23H27N5O2/c1-15-11-28(12-16(2)30-15)23-25-21-14-27(8-7-19(21)22(29)26-23)13-17-9-18-5-3-4-6-20(18)24-10-17/h3-6,9-10,15-16H,7-8,11-14H2,1-2H3,(H,25,26,29). The van der Waals surface area contributed by atoms with Gasteiger partial charge in [-0.25, -0.2) is 4.98 Å². The highest BCUT2D eigenvalue weighted by Gasteiger charge is 2.27. The first-order valence-corrected chi connectivity index (χ1v) is 10.6. The quantitative estimate of drug-likeness (QED) is 0.722. The number of hydrogen-bond donors (Lipinski definition) is 1. The van der Waals surface area contributed by atoms with Crippen molar-refractivity contribution in [1.82, 2.24) is 19.9 Å². The van der Waals surface area contributed by atoms with E-state index in [1.807, 2.05) is 24.4 Å². The number of fused-ring (bicyclic) bond motifs is 2. The van der Waals surface area contributed by atoms with E-state index >= 15 is 0 Å². The highest BCUT2D eigenvalue weighted by Crippen LogP contribution is 2.21. The third kappa shape index (κ3) is 3.82. The van der Waals surface area contributed by atoms with Crippen molar-refractivity contribution in [2.24, 2.45) is 0 Å². The predicted molar refractivity (Wildman–Crippen MR) is 117 cm³/mol. The minimum Gasteiger partial charge on any atom is -0.372 e. The topological polar surface area (TPSA) is 74.4 Å². The minimum atomic E-state index is -0.00572. The molecule has 0 aliphatic carbocycles. The molecule has 5 rings (SSSR count). The molecule has 2 aliphatic heterocycles. The van der Waals surface area contributed by atoms with Gasteiger partial charge in [0.05, 0.1) is 23.4 Å². The van der Waals surface area contributed by atoms with Gasteiger partial charge in [0.25, 0.3) is 5.56 Å². The van der Waals surface area contributed by atoms with E-state index < -0.39 is 0 Å². The fraction of sp³-hybridized carbons (Fsp3) is 0.435. The minimum absolute atomic E-state index is 0.00572. The molecule has 4 heterocycles. The number of rotatable bonds is 3. The third-order valence-electron chi connectivity index (χ3n) is 5.91. The van der Waals surface area contributed by atoms with Crippen LogP contribution in [0.3, 0.4) is 0 Å². The summed E-state index contributed by atoms with van der Waals surface area (Å²) in [5.74, 6) is 0.662. The van der Waals surface area contributed by atoms with Gasteiger partial charge in [-0.3, -0.25) is 19.7 Å². The van der Waals surface area contributed by atoms with E-state index in [0.717, 1.165) is 54.8 Å². The number of aromatic amines is 1. The lowest BCUT2D eigenvalue weighted by molar-refractivity contribution is -0.00576. The van der Waals surface area contributed by atoms with Gasteiger partial charge in [0, 0.05) is 49.9 Å². The van der Waals surface area contributed by atoms with Crippen molar-refractivity contribution >= 4 is 16.9 Å². The van der Waals surface area contributed by atoms with Crippen LogP contribution in [0.5, 0.6) is 0 Å². The van der Waals surface area contributed by atoms with E-state index in [-0.39, 0.29) is 17.8 Å². The van der Waals surface area contributed by atoms with E-state index in [4.69, 9.17) is 9.72 Å². The van der Waals surface area contributed by atoms with Gasteiger partial charge in [0.15, 0.2) is 0 Å². The zero-order valence-corrected chi connectivity index (χ0v) is 17.5. The van der Waals surface area contributed by atoms with Gasteiger partial charge >= 0.3 is 0 Å². The van der Waals surface area contributed by atoms with E-state index in [2.05, 4.69) is 45.7 Å². The lowest BCUT2D eigenvalue weighted by atomic mass is 10.1. The molecule has 2 unspecified atom stereocenters. The molecule has 2 atom stereocenters. The van der Waals surface area contributed by atoms with Gasteiger partial charge in [0.1, 0.15) is 0 Å². The summed E-state index contributed by atoms with van der Waals surface area (Å²) in [5.41, 5.74) is 3.89. The Balaban J connectivity index is 1.37. The molecular formula is C23H27N5O2. The predicted octanol–water partition coefficient (Wildman–Crippen LogP) is 2.49. The normalized spacial score (nSPS) is 22.3. The van der Waals surface area contributed by atoms with Crippen LogP contribution in [-0.4, -0.2) is 51.7 Å². The monoisotopic (exact) mass is 405 g/mol. The SMILES string of the molecule is CC1CN(c2nc3c(c(=O)[nH]2)CCN(Cc2cnc4ccccc4c2)C3)CC(C)O1. The Morgan fingerprint density at radius 3 is 2.83 bits per heavy atom. The first kappa shape index (κ1) is 19.2. The number of morpholine rings is 1. The first-order valence-electron chi connectivity index (χ1n) is 10.6. The molecular weight excluding hydrogens is 378 g/mol. The molecule has 0 saturated carbocycles. The number of anilines is 1. The number of aromatic nitrogens is 3. The fourth-order valence-corrected chi connectivity index (χ4v) is 4.58. The highest BCUT2D eigenvalue weighted by molar-refractivity contribution is 5.78. The Morgan fingerprint density at radius 1 is 1.20 bits per heavy atom. The van der Waals surface area contributed by atoms with E-state index in [1.54, 1.807) is 0 Å². The average molecular weight is 406 g/mol. The molecule has 7 heteroatoms. The zero-order valence-electron chi connectivity index (χ0n) is 17.5. The van der Waals surface area contributed by atoms with Gasteiger partial charge in [-0.1, -0.05) is 18.2 Å². The molecule has 2 aliphatic rings. The maximum absolute atomic E-state index is 12.7. The molecule has 7 nitrogen and oxygen atoms in total. The summed E-state index contributed by atoms with van der Waals surface area (Å²) < 4.78 is 5.82. The van der Waals surface area contributed by atoms with Crippen LogP contribution in [0.4, 0.5) is 5.95 Å². The van der Waals surface area contributed by atoms with E-state index in [0.29, 0.717) is 12.5 Å². The second-order valence-electron chi connectivity index (χ2n) is 8.47. The first-order chi connectivity index (χ1) is 14.5. The summed E-state index contributed by atoms with van der Waals surface area (Å²) in [6.45, 7) is 7.89. The van der Waals surface area contributed by atoms with E-state index in [9.17, 15) is 4.79 Å². The molecule has 1 fully saturated rings. The number of nitrogens with one attached hydrogen (secondary N) is 1. The summed E-state index contributed by atoms with van der Waals surface area (Å²) in [6, 6.07) is 10.4. The Kier molecular flexibility index (Phi) is 5.00. The number of ether oxygens (including phenoxy) is 1. The Bertz CT molecular complexity index is 1120. The second kappa shape index (κ2) is 7.81. The zero-order chi connectivity index (χ0) is 20.7. The average Bonchev–Trinajstić information content (AvgIpc) is 2.73. The van der Waals surface area contributed by atoms with Crippen molar-refractivity contribution < 1.29 is 4.74 Å². The van der Waals surface area contributed by atoms with Gasteiger partial charge in [-0.15, -0.1) is 0 Å². The molecule has 156 valence electrons. The van der Waals surface area contributed by atoms with Crippen molar-refractivity contribution in [2.45, 2.75) is 45.6 Å². The second-order valence-corrected chi connectivity index (χ2v) is 8.47. The molecule has 0 radical (unpaired) electrons. The lowest BCUT2D eigenvalue weighted by Gasteiger charge is -2.36. The van der Waals surface area contributed by atoms with Crippen LogP contribution < -0.4 is 10.5 Å². The fourth-order valence-electron chi connectivity index (χ4n) is 4.58. The Morgan fingerprint density at radius 2 is 2.00 bits per heavy atom. The number of nitrogens with zero attached hydrogens (tertiary/aromatic N) is 4. The van der Waals surface area contributed by atoms with Gasteiger partial charge < -0.3 is 9.64 Å². The van der Waals surface area contributed by atoms with Crippen molar-refractivity contribution in [2.75, 3.05) is 24.5 Å². The Hall–Kier alpha value is -2.77. The maximum atomic E-state index is 12.7. The molecule has 0 amide bonds. The number of hydrogen-bond acceptors (Lipinski definition) is 6. The summed E-state index contributed by atoms with van der Waals surface area (Å²) in [5, 5.41) is 1.15. The highest BCUT2D eigenvalue weighted by atomic mass is 16.5. The summed E-state index contributed by atoms with van der Waals surface area (Å²) in [4.78, 5) is 29.6. The molecule has 30 heavy (non-hydrogen) atoms. The molecule has 1 aromatic carbocycles.